The standard InChI is InChI=1S/C11H15NO3/c1-8(6-7-13)12-11(15)9-2-4-10(14)5-3-9/h2-5,8,13-14H,6-7H2,1H3,(H,12,15). The lowest BCUT2D eigenvalue weighted by molar-refractivity contribution is 0.0934. The van der Waals surface area contributed by atoms with Crippen LogP contribution in [0.3, 0.4) is 0 Å². The maximum absolute atomic E-state index is 11.6. The van der Waals surface area contributed by atoms with Crippen LogP contribution in [0.25, 0.3) is 0 Å². The van der Waals surface area contributed by atoms with E-state index in [2.05, 4.69) is 5.32 Å². The van der Waals surface area contributed by atoms with Crippen LogP contribution in [0.1, 0.15) is 23.7 Å². The number of carbonyl (C=O) groups is 1. The molecule has 1 atom stereocenters. The van der Waals surface area contributed by atoms with Gasteiger partial charge in [-0.1, -0.05) is 0 Å². The molecule has 15 heavy (non-hydrogen) atoms. The quantitative estimate of drug-likeness (QED) is 0.689. The number of aromatic hydroxyl groups is 1. The summed E-state index contributed by atoms with van der Waals surface area (Å²) in [7, 11) is 0. The van der Waals surface area contributed by atoms with Crippen LogP contribution in [0.15, 0.2) is 24.3 Å². The number of rotatable bonds is 4. The molecule has 1 aromatic carbocycles. The molecule has 0 spiro atoms. The highest BCUT2D eigenvalue weighted by Crippen LogP contribution is 2.09. The minimum Gasteiger partial charge on any atom is -0.508 e. The van der Waals surface area contributed by atoms with E-state index in [1.807, 2.05) is 6.92 Å². The number of hydrogen-bond acceptors (Lipinski definition) is 3. The van der Waals surface area contributed by atoms with Crippen LogP contribution in [0.5, 0.6) is 5.75 Å². The maximum atomic E-state index is 11.6. The van der Waals surface area contributed by atoms with Crippen molar-refractivity contribution in [3.8, 4) is 5.75 Å². The van der Waals surface area contributed by atoms with E-state index in [4.69, 9.17) is 10.2 Å². The zero-order valence-corrected chi connectivity index (χ0v) is 8.60. The highest BCUT2D eigenvalue weighted by Gasteiger charge is 2.08. The third-order valence-corrected chi connectivity index (χ3v) is 2.07. The van der Waals surface area contributed by atoms with Crippen molar-refractivity contribution in [2.24, 2.45) is 0 Å². The topological polar surface area (TPSA) is 69.6 Å². The fourth-order valence-corrected chi connectivity index (χ4v) is 1.19. The van der Waals surface area contributed by atoms with E-state index in [0.29, 0.717) is 12.0 Å². The Morgan fingerprint density at radius 1 is 1.40 bits per heavy atom. The number of phenols is 1. The van der Waals surface area contributed by atoms with Crippen molar-refractivity contribution in [3.05, 3.63) is 29.8 Å². The zero-order chi connectivity index (χ0) is 11.3. The molecule has 4 heteroatoms. The number of amides is 1. The normalized spacial score (nSPS) is 12.1. The molecule has 1 unspecified atom stereocenters. The number of hydrogen-bond donors (Lipinski definition) is 3. The van der Waals surface area contributed by atoms with Gasteiger partial charge in [-0.3, -0.25) is 4.79 Å². The summed E-state index contributed by atoms with van der Waals surface area (Å²) in [5.41, 5.74) is 0.498. The first-order valence-corrected chi connectivity index (χ1v) is 4.84. The van der Waals surface area contributed by atoms with Crippen molar-refractivity contribution in [2.75, 3.05) is 6.61 Å². The highest BCUT2D eigenvalue weighted by molar-refractivity contribution is 5.94. The number of aliphatic hydroxyl groups excluding tert-OH is 1. The minimum atomic E-state index is -0.198. The first-order chi connectivity index (χ1) is 7.13. The third-order valence-electron chi connectivity index (χ3n) is 2.07. The van der Waals surface area contributed by atoms with Crippen LogP contribution in [0.4, 0.5) is 0 Å². The van der Waals surface area contributed by atoms with E-state index in [0.717, 1.165) is 0 Å². The molecule has 0 aliphatic carbocycles. The lowest BCUT2D eigenvalue weighted by atomic mass is 10.2. The summed E-state index contributed by atoms with van der Waals surface area (Å²) in [6.07, 6.45) is 0.532. The van der Waals surface area contributed by atoms with Crippen LogP contribution >= 0.6 is 0 Å². The average molecular weight is 209 g/mol. The predicted octanol–water partition coefficient (Wildman–Crippen LogP) is 0.893. The fourth-order valence-electron chi connectivity index (χ4n) is 1.19. The van der Waals surface area contributed by atoms with Gasteiger partial charge in [0, 0.05) is 18.2 Å². The summed E-state index contributed by atoms with van der Waals surface area (Å²) in [6.45, 7) is 1.88. The minimum absolute atomic E-state index is 0.0526. The summed E-state index contributed by atoms with van der Waals surface area (Å²) in [5, 5.41) is 20.4. The van der Waals surface area contributed by atoms with Gasteiger partial charge in [0.1, 0.15) is 5.75 Å². The van der Waals surface area contributed by atoms with Crippen LogP contribution in [0, 0.1) is 0 Å². The van der Waals surface area contributed by atoms with Gasteiger partial charge in [0.25, 0.3) is 5.91 Å². The molecular formula is C11H15NO3. The van der Waals surface area contributed by atoms with Gasteiger partial charge in [-0.15, -0.1) is 0 Å². The fraction of sp³-hybridized carbons (Fsp3) is 0.364. The first kappa shape index (κ1) is 11.5. The van der Waals surface area contributed by atoms with Crippen molar-refractivity contribution >= 4 is 5.91 Å². The molecule has 1 aromatic rings. The molecule has 0 heterocycles. The van der Waals surface area contributed by atoms with Gasteiger partial charge in [0.05, 0.1) is 0 Å². The summed E-state index contributed by atoms with van der Waals surface area (Å²) < 4.78 is 0. The van der Waals surface area contributed by atoms with E-state index >= 15 is 0 Å². The van der Waals surface area contributed by atoms with Crippen LogP contribution in [0.2, 0.25) is 0 Å². The molecule has 0 fully saturated rings. The Labute approximate surface area is 88.6 Å². The Morgan fingerprint density at radius 2 is 2.00 bits per heavy atom. The molecule has 1 amide bonds. The summed E-state index contributed by atoms with van der Waals surface area (Å²) in [4.78, 5) is 11.6. The van der Waals surface area contributed by atoms with Crippen LogP contribution in [-0.4, -0.2) is 28.8 Å². The molecule has 3 N–H and O–H groups in total. The van der Waals surface area contributed by atoms with Crippen LogP contribution < -0.4 is 5.32 Å². The van der Waals surface area contributed by atoms with E-state index in [1.54, 1.807) is 12.1 Å². The second-order valence-corrected chi connectivity index (χ2v) is 3.43. The van der Waals surface area contributed by atoms with Crippen LogP contribution in [-0.2, 0) is 0 Å². The van der Waals surface area contributed by atoms with Crippen molar-refractivity contribution in [2.45, 2.75) is 19.4 Å². The monoisotopic (exact) mass is 209 g/mol. The van der Waals surface area contributed by atoms with Crippen molar-refractivity contribution < 1.29 is 15.0 Å². The molecule has 0 aliphatic rings. The first-order valence-electron chi connectivity index (χ1n) is 4.84. The largest absolute Gasteiger partial charge is 0.508 e. The van der Waals surface area contributed by atoms with Gasteiger partial charge in [-0.05, 0) is 37.6 Å². The average Bonchev–Trinajstić information content (AvgIpc) is 2.18. The molecule has 82 valence electrons. The van der Waals surface area contributed by atoms with Gasteiger partial charge in [-0.25, -0.2) is 0 Å². The summed E-state index contributed by atoms with van der Waals surface area (Å²) in [6, 6.07) is 5.97. The molecule has 0 bridgehead atoms. The predicted molar refractivity (Wildman–Crippen MR) is 56.7 cm³/mol. The Hall–Kier alpha value is -1.55. The van der Waals surface area contributed by atoms with E-state index in [-0.39, 0.29) is 24.3 Å². The van der Waals surface area contributed by atoms with Crippen molar-refractivity contribution in [3.63, 3.8) is 0 Å². The Morgan fingerprint density at radius 3 is 2.53 bits per heavy atom. The molecule has 1 rings (SSSR count). The van der Waals surface area contributed by atoms with Gasteiger partial charge in [0.15, 0.2) is 0 Å². The van der Waals surface area contributed by atoms with E-state index < -0.39 is 0 Å². The smallest absolute Gasteiger partial charge is 0.251 e. The number of aliphatic hydroxyl groups is 1. The van der Waals surface area contributed by atoms with Crippen molar-refractivity contribution in [1.82, 2.24) is 5.32 Å². The second kappa shape index (κ2) is 5.36. The van der Waals surface area contributed by atoms with E-state index in [1.165, 1.54) is 12.1 Å². The molecule has 0 saturated carbocycles. The molecule has 0 aliphatic heterocycles. The number of phenolic OH excluding ortho intramolecular Hbond substituents is 1. The Bertz CT molecular complexity index is 321. The SMILES string of the molecule is CC(CCO)NC(=O)c1ccc(O)cc1. The summed E-state index contributed by atoms with van der Waals surface area (Å²) in [5.74, 6) is -0.0640. The molecule has 0 radical (unpaired) electrons. The third kappa shape index (κ3) is 3.59. The molecule has 0 saturated heterocycles. The molecule has 0 aromatic heterocycles. The Kier molecular flexibility index (Phi) is 4.12. The van der Waals surface area contributed by atoms with Gasteiger partial charge >= 0.3 is 0 Å². The molecular weight excluding hydrogens is 194 g/mol. The van der Waals surface area contributed by atoms with Gasteiger partial charge in [0.2, 0.25) is 0 Å². The number of carbonyl (C=O) groups excluding carboxylic acids is 1. The molecule has 4 nitrogen and oxygen atoms in total. The van der Waals surface area contributed by atoms with E-state index in [9.17, 15) is 4.79 Å². The van der Waals surface area contributed by atoms with Gasteiger partial charge in [-0.2, -0.15) is 0 Å². The highest BCUT2D eigenvalue weighted by atomic mass is 16.3. The lowest BCUT2D eigenvalue weighted by Crippen LogP contribution is -2.33. The lowest BCUT2D eigenvalue weighted by Gasteiger charge is -2.12. The number of nitrogens with one attached hydrogen (secondary N) is 1. The summed E-state index contributed by atoms with van der Waals surface area (Å²) >= 11 is 0. The number of benzene rings is 1. The van der Waals surface area contributed by atoms with Gasteiger partial charge < -0.3 is 15.5 Å². The zero-order valence-electron chi connectivity index (χ0n) is 8.60. The Balaban J connectivity index is 2.57. The maximum Gasteiger partial charge on any atom is 0.251 e. The van der Waals surface area contributed by atoms with Crippen molar-refractivity contribution in [1.29, 1.82) is 0 Å². The second-order valence-electron chi connectivity index (χ2n) is 3.43.